The predicted molar refractivity (Wildman–Crippen MR) is 119 cm³/mol. The molecule has 2 aromatic rings. The van der Waals surface area contributed by atoms with Gasteiger partial charge in [0.2, 0.25) is 21.8 Å². The zero-order valence-corrected chi connectivity index (χ0v) is 18.3. The van der Waals surface area contributed by atoms with Crippen LogP contribution in [0.3, 0.4) is 0 Å². The largest absolute Gasteiger partial charge is 0.326 e. The highest BCUT2D eigenvalue weighted by atomic mass is 32.2. The van der Waals surface area contributed by atoms with E-state index in [2.05, 4.69) is 5.32 Å². The van der Waals surface area contributed by atoms with Crippen LogP contribution >= 0.6 is 0 Å². The molecule has 2 atom stereocenters. The molecule has 0 spiro atoms. The second kappa shape index (κ2) is 8.43. The van der Waals surface area contributed by atoms with Gasteiger partial charge in [0.25, 0.3) is 0 Å². The molecule has 0 aromatic heterocycles. The lowest BCUT2D eigenvalue weighted by Crippen LogP contribution is -2.43. The second-order valence-corrected chi connectivity index (χ2v) is 9.91. The van der Waals surface area contributed by atoms with Gasteiger partial charge in [-0.25, -0.2) is 13.6 Å². The number of nitrogens with two attached hydrogens (primary N) is 1. The Balaban J connectivity index is 1.54. The first-order chi connectivity index (χ1) is 14.8. The first-order valence-corrected chi connectivity index (χ1v) is 12.1. The van der Waals surface area contributed by atoms with Crippen LogP contribution in [0.25, 0.3) is 0 Å². The number of aryl methyl sites for hydroxylation is 1. The Labute approximate surface area is 182 Å². The third-order valence-electron chi connectivity index (χ3n) is 6.34. The van der Waals surface area contributed by atoms with Gasteiger partial charge in [0, 0.05) is 23.8 Å². The lowest BCUT2D eigenvalue weighted by atomic mass is 9.77. The fraction of sp³-hybridized carbons (Fsp3) is 0.391. The van der Waals surface area contributed by atoms with Gasteiger partial charge in [0.05, 0.1) is 10.8 Å². The van der Waals surface area contributed by atoms with E-state index in [-0.39, 0.29) is 22.6 Å². The highest BCUT2D eigenvalue weighted by molar-refractivity contribution is 7.89. The molecule has 1 heterocycles. The van der Waals surface area contributed by atoms with Crippen molar-refractivity contribution in [3.05, 3.63) is 53.6 Å². The summed E-state index contributed by atoms with van der Waals surface area (Å²) >= 11 is 0. The van der Waals surface area contributed by atoms with Crippen molar-refractivity contribution in [2.75, 3.05) is 16.8 Å². The highest BCUT2D eigenvalue weighted by Crippen LogP contribution is 2.36. The predicted octanol–water partition coefficient (Wildman–Crippen LogP) is 2.98. The van der Waals surface area contributed by atoms with Crippen LogP contribution in [0, 0.1) is 18.8 Å². The van der Waals surface area contributed by atoms with Gasteiger partial charge in [-0.3, -0.25) is 9.59 Å². The van der Waals surface area contributed by atoms with Crippen molar-refractivity contribution in [2.45, 2.75) is 43.9 Å². The maximum absolute atomic E-state index is 13.4. The molecule has 164 valence electrons. The summed E-state index contributed by atoms with van der Waals surface area (Å²) in [5, 5.41) is 8.10. The van der Waals surface area contributed by atoms with Crippen LogP contribution < -0.4 is 15.4 Å². The summed E-state index contributed by atoms with van der Waals surface area (Å²) in [5.41, 5.74) is 2.97. The zero-order chi connectivity index (χ0) is 22.2. The quantitative estimate of drug-likeness (QED) is 0.760. The van der Waals surface area contributed by atoms with E-state index in [4.69, 9.17) is 5.14 Å². The average Bonchev–Trinajstić information content (AvgIpc) is 3.18. The third kappa shape index (κ3) is 4.36. The molecule has 7 nitrogen and oxygen atoms in total. The summed E-state index contributed by atoms with van der Waals surface area (Å²) in [6.45, 7) is 2.29. The molecule has 2 amide bonds. The van der Waals surface area contributed by atoms with Crippen LogP contribution in [0.1, 0.15) is 36.8 Å². The van der Waals surface area contributed by atoms with E-state index in [0.29, 0.717) is 30.6 Å². The van der Waals surface area contributed by atoms with Gasteiger partial charge >= 0.3 is 0 Å². The Morgan fingerprint density at radius 1 is 1.06 bits per heavy atom. The molecule has 2 aromatic carbocycles. The van der Waals surface area contributed by atoms with E-state index in [9.17, 15) is 18.0 Å². The molecule has 4 rings (SSSR count). The Bertz CT molecular complexity index is 1130. The van der Waals surface area contributed by atoms with Crippen LogP contribution in [0.2, 0.25) is 0 Å². The maximum Gasteiger partial charge on any atom is 0.238 e. The number of hydrogen-bond acceptors (Lipinski definition) is 4. The lowest BCUT2D eigenvalue weighted by Gasteiger charge is -2.32. The van der Waals surface area contributed by atoms with Crippen molar-refractivity contribution < 1.29 is 18.0 Å². The van der Waals surface area contributed by atoms with Crippen LogP contribution in [0.5, 0.6) is 0 Å². The van der Waals surface area contributed by atoms with Crippen molar-refractivity contribution in [3.8, 4) is 0 Å². The van der Waals surface area contributed by atoms with E-state index in [0.717, 1.165) is 30.5 Å². The van der Waals surface area contributed by atoms with Gasteiger partial charge in [-0.05, 0) is 55.5 Å². The summed E-state index contributed by atoms with van der Waals surface area (Å²) in [6.07, 6.45) is 3.92. The summed E-state index contributed by atoms with van der Waals surface area (Å²) in [4.78, 5) is 28.3. The number of benzene rings is 2. The molecular weight excluding hydrogens is 414 g/mol. The number of fused-ring (bicyclic) bond motifs is 1. The van der Waals surface area contributed by atoms with E-state index >= 15 is 0 Å². The average molecular weight is 442 g/mol. The Morgan fingerprint density at radius 2 is 1.77 bits per heavy atom. The number of rotatable bonds is 4. The number of sulfonamides is 1. The molecule has 3 N–H and O–H groups in total. The van der Waals surface area contributed by atoms with Crippen LogP contribution in [0.15, 0.2) is 47.4 Å². The summed E-state index contributed by atoms with van der Waals surface area (Å²) in [6, 6.07) is 12.5. The molecule has 8 heteroatoms. The molecule has 0 radical (unpaired) electrons. The molecule has 1 fully saturated rings. The molecule has 1 saturated carbocycles. The molecule has 31 heavy (non-hydrogen) atoms. The van der Waals surface area contributed by atoms with Crippen LogP contribution in [0.4, 0.5) is 11.4 Å². The van der Waals surface area contributed by atoms with E-state index in [1.165, 1.54) is 6.07 Å². The Morgan fingerprint density at radius 3 is 2.52 bits per heavy atom. The minimum Gasteiger partial charge on any atom is -0.326 e. The third-order valence-corrected chi connectivity index (χ3v) is 7.39. The first kappa shape index (κ1) is 21.5. The summed E-state index contributed by atoms with van der Waals surface area (Å²) in [7, 11) is -3.89. The van der Waals surface area contributed by atoms with Crippen molar-refractivity contribution >= 4 is 33.2 Å². The van der Waals surface area contributed by atoms with E-state index in [1.807, 2.05) is 29.2 Å². The molecule has 1 aliphatic carbocycles. The van der Waals surface area contributed by atoms with Crippen molar-refractivity contribution in [1.82, 2.24) is 0 Å². The van der Waals surface area contributed by atoms with Crippen LogP contribution in [-0.4, -0.2) is 26.8 Å². The van der Waals surface area contributed by atoms with Gasteiger partial charge in [0.1, 0.15) is 0 Å². The number of hydrogen-bond donors (Lipinski definition) is 2. The smallest absolute Gasteiger partial charge is 0.238 e. The monoisotopic (exact) mass is 441 g/mol. The fourth-order valence-corrected chi connectivity index (χ4v) is 5.53. The zero-order valence-electron chi connectivity index (χ0n) is 17.5. The summed E-state index contributed by atoms with van der Waals surface area (Å²) < 4.78 is 23.6. The molecule has 0 bridgehead atoms. The number of carbonyl (C=O) groups is 2. The second-order valence-electron chi connectivity index (χ2n) is 8.38. The van der Waals surface area contributed by atoms with E-state index < -0.39 is 15.9 Å². The number of primary sulfonamides is 1. The van der Waals surface area contributed by atoms with Gasteiger partial charge < -0.3 is 10.2 Å². The fourth-order valence-electron chi connectivity index (χ4n) is 4.73. The first-order valence-electron chi connectivity index (χ1n) is 10.6. The minimum atomic E-state index is -3.89. The standard InChI is InChI=1S/C23H27N3O4S/c1-15-10-11-17(14-21(15)31(24,29)30)25-22(27)18-7-3-4-8-19(18)23(28)26-13-12-16-6-2-5-9-20(16)26/h2,5-6,9-11,14,18-19H,3-4,7-8,12-13H2,1H3,(H,25,27)(H2,24,29,30). The number of carbonyl (C=O) groups excluding carboxylic acids is 2. The highest BCUT2D eigenvalue weighted by Gasteiger charge is 2.39. The number of nitrogens with zero attached hydrogens (tertiary/aromatic N) is 1. The van der Waals surface area contributed by atoms with Gasteiger partial charge in [-0.1, -0.05) is 37.1 Å². The number of nitrogens with one attached hydrogen (secondary N) is 1. The number of anilines is 2. The molecule has 0 saturated heterocycles. The van der Waals surface area contributed by atoms with Crippen molar-refractivity contribution in [1.29, 1.82) is 0 Å². The van der Waals surface area contributed by atoms with Gasteiger partial charge in [0.15, 0.2) is 0 Å². The maximum atomic E-state index is 13.4. The summed E-state index contributed by atoms with van der Waals surface area (Å²) in [5.74, 6) is -1.09. The minimum absolute atomic E-state index is 0.000990. The van der Waals surface area contributed by atoms with Crippen molar-refractivity contribution in [2.24, 2.45) is 17.0 Å². The molecular formula is C23H27N3O4S. The molecule has 2 unspecified atom stereocenters. The Kier molecular flexibility index (Phi) is 5.85. The Hall–Kier alpha value is -2.71. The van der Waals surface area contributed by atoms with Crippen molar-refractivity contribution in [3.63, 3.8) is 0 Å². The number of para-hydroxylation sites is 1. The van der Waals surface area contributed by atoms with Gasteiger partial charge in [-0.15, -0.1) is 0 Å². The molecule has 1 aliphatic heterocycles. The number of amides is 2. The topological polar surface area (TPSA) is 110 Å². The molecule has 2 aliphatic rings. The van der Waals surface area contributed by atoms with E-state index in [1.54, 1.807) is 19.1 Å². The SMILES string of the molecule is Cc1ccc(NC(=O)C2CCCCC2C(=O)N2CCc3ccccc32)cc1S(N)(=O)=O. The lowest BCUT2D eigenvalue weighted by molar-refractivity contribution is -0.132. The van der Waals surface area contributed by atoms with Gasteiger partial charge in [-0.2, -0.15) is 0 Å². The van der Waals surface area contributed by atoms with Crippen LogP contribution in [-0.2, 0) is 26.0 Å². The normalized spacial score (nSPS) is 20.9.